The second-order valence-corrected chi connectivity index (χ2v) is 16.6. The number of nitrogens with zero attached hydrogens (tertiary/aromatic N) is 6. The van der Waals surface area contributed by atoms with Crippen LogP contribution in [0.3, 0.4) is 0 Å². The van der Waals surface area contributed by atoms with E-state index in [0.717, 1.165) is 117 Å². The minimum absolute atomic E-state index is 0.0955. The standard InChI is InChI=1S/C30H26IN3O2.C21H19N3O2/c31-28-27-26(16-19-32-29(27)36-25-17-20-35-21-18-25)34(33-28)30(22-10-4-1-5-11-22,23-12-6-2-7-13-23)24-14-8-3-9-15-24;1-3-17(16-4-2-9-22-18(16)5-1)20-19-14(13-24-20)6-10-23-21(19)26-15-7-11-25-12-8-15/h1-16,19,25H,17-18,20-21H2;1-6,9-10,15H,7-8,11-13H2. The monoisotopic (exact) mass is 932 g/mol. The Morgan fingerprint density at radius 2 is 1.16 bits per heavy atom. The molecule has 0 aliphatic carbocycles. The molecule has 8 aromatic rings. The van der Waals surface area contributed by atoms with Crippen LogP contribution in [0, 0.1) is 3.70 Å². The number of halogens is 1. The highest BCUT2D eigenvalue weighted by Crippen LogP contribution is 2.44. The zero-order chi connectivity index (χ0) is 41.7. The average molecular weight is 933 g/mol. The first kappa shape index (κ1) is 40.1. The van der Waals surface area contributed by atoms with Gasteiger partial charge in [-0.2, -0.15) is 5.10 Å². The molecule has 4 aromatic heterocycles. The fourth-order valence-corrected chi connectivity index (χ4v) is 9.60. The Balaban J connectivity index is 0.000000156. The van der Waals surface area contributed by atoms with E-state index in [9.17, 15) is 0 Å². The summed E-state index contributed by atoms with van der Waals surface area (Å²) < 4.78 is 26.7. The molecule has 2 fully saturated rings. The van der Waals surface area contributed by atoms with Crippen LogP contribution in [-0.2, 0) is 21.6 Å². The van der Waals surface area contributed by atoms with Crippen molar-refractivity contribution in [2.24, 2.45) is 4.99 Å². The number of ether oxygens (including phenoxy) is 4. The highest BCUT2D eigenvalue weighted by Gasteiger charge is 2.41. The Morgan fingerprint density at radius 3 is 1.79 bits per heavy atom. The third kappa shape index (κ3) is 7.73. The van der Waals surface area contributed by atoms with E-state index < -0.39 is 5.54 Å². The zero-order valence-corrected chi connectivity index (χ0v) is 36.3. The molecular weight excluding hydrogens is 888 g/mol. The average Bonchev–Trinajstić information content (AvgIpc) is 3.93. The summed E-state index contributed by atoms with van der Waals surface area (Å²) >= 11 is 2.32. The minimum atomic E-state index is -0.692. The zero-order valence-electron chi connectivity index (χ0n) is 34.1. The molecule has 0 radical (unpaired) electrons. The molecule has 0 unspecified atom stereocenters. The molecule has 2 saturated heterocycles. The van der Waals surface area contributed by atoms with Gasteiger partial charge in [-0.1, -0.05) is 109 Å². The predicted molar refractivity (Wildman–Crippen MR) is 249 cm³/mol. The van der Waals surface area contributed by atoms with Gasteiger partial charge in [0.05, 0.1) is 60.7 Å². The van der Waals surface area contributed by atoms with Crippen LogP contribution in [-0.4, -0.2) is 69.1 Å². The number of rotatable bonds is 9. The van der Waals surface area contributed by atoms with Crippen molar-refractivity contribution in [3.8, 4) is 11.8 Å². The molecule has 0 saturated carbocycles. The molecular formula is C51H45IN6O4. The van der Waals surface area contributed by atoms with Crippen LogP contribution >= 0.6 is 22.6 Å². The van der Waals surface area contributed by atoms with Crippen LogP contribution in [0.5, 0.6) is 11.8 Å². The topological polar surface area (TPSA) is 106 Å². The molecule has 4 aromatic carbocycles. The molecule has 11 rings (SSSR count). The summed E-state index contributed by atoms with van der Waals surface area (Å²) in [4.78, 5) is 18.5. The maximum absolute atomic E-state index is 6.44. The van der Waals surface area contributed by atoms with Crippen LogP contribution < -0.4 is 9.47 Å². The molecule has 0 N–H and O–H groups in total. The summed E-state index contributed by atoms with van der Waals surface area (Å²) in [5.41, 5.74) is 8.87. The van der Waals surface area contributed by atoms with E-state index >= 15 is 0 Å². The van der Waals surface area contributed by atoms with Crippen molar-refractivity contribution in [2.75, 3.05) is 26.4 Å². The number of aliphatic imine (C=N–C) groups is 1. The van der Waals surface area contributed by atoms with Gasteiger partial charge in [0, 0.05) is 55.2 Å². The number of pyridine rings is 3. The lowest BCUT2D eigenvalue weighted by atomic mass is 9.77. The van der Waals surface area contributed by atoms with Crippen molar-refractivity contribution in [1.82, 2.24) is 24.7 Å². The van der Waals surface area contributed by atoms with E-state index in [1.165, 1.54) is 0 Å². The second kappa shape index (κ2) is 18.1. The normalized spacial score (nSPS) is 15.7. The molecule has 310 valence electrons. The quantitative estimate of drug-likeness (QED) is 0.104. The van der Waals surface area contributed by atoms with Crippen molar-refractivity contribution in [3.05, 3.63) is 189 Å². The van der Waals surface area contributed by atoms with Gasteiger partial charge < -0.3 is 18.9 Å². The summed E-state index contributed by atoms with van der Waals surface area (Å²) in [5, 5.41) is 7.24. The van der Waals surface area contributed by atoms with Crippen molar-refractivity contribution >= 4 is 50.1 Å². The Bertz CT molecular complexity index is 2720. The van der Waals surface area contributed by atoms with Crippen molar-refractivity contribution in [1.29, 1.82) is 0 Å². The highest BCUT2D eigenvalue weighted by molar-refractivity contribution is 14.1. The van der Waals surface area contributed by atoms with Crippen LogP contribution in [0.2, 0.25) is 0 Å². The number of benzene rings is 4. The molecule has 0 amide bonds. The lowest BCUT2D eigenvalue weighted by Crippen LogP contribution is -2.38. The van der Waals surface area contributed by atoms with Gasteiger partial charge in [0.1, 0.15) is 21.4 Å². The van der Waals surface area contributed by atoms with Gasteiger partial charge in [-0.05, 0) is 69.1 Å². The highest BCUT2D eigenvalue weighted by atomic mass is 127. The SMILES string of the molecule is Ic1nn(C(c2ccccc2)(c2ccccc2)c2ccccc2)c2ccnc(OC3CCOCC3)c12.c1cc(C2=NCc3ccnc(OC4CCOCC4)c32)c2cccnc2c1. The first-order chi connectivity index (χ1) is 30.7. The number of hydrogen-bond donors (Lipinski definition) is 0. The second-order valence-electron chi connectivity index (χ2n) is 15.6. The Labute approximate surface area is 374 Å². The summed E-state index contributed by atoms with van der Waals surface area (Å²) in [7, 11) is 0. The fourth-order valence-electron chi connectivity index (χ4n) is 8.88. The number of fused-ring (bicyclic) bond motifs is 3. The Kier molecular flexibility index (Phi) is 11.7. The molecule has 11 heteroatoms. The molecule has 3 aliphatic heterocycles. The van der Waals surface area contributed by atoms with Gasteiger partial charge in [0.15, 0.2) is 0 Å². The number of aromatic nitrogens is 5. The molecule has 0 spiro atoms. The molecule has 0 bridgehead atoms. The van der Waals surface area contributed by atoms with Crippen molar-refractivity contribution < 1.29 is 18.9 Å². The molecule has 10 nitrogen and oxygen atoms in total. The van der Waals surface area contributed by atoms with Crippen LogP contribution in [0.15, 0.2) is 157 Å². The molecule has 62 heavy (non-hydrogen) atoms. The van der Waals surface area contributed by atoms with Gasteiger partial charge >= 0.3 is 0 Å². The van der Waals surface area contributed by atoms with Gasteiger partial charge in [-0.3, -0.25) is 9.98 Å². The predicted octanol–water partition coefficient (Wildman–Crippen LogP) is 9.97. The van der Waals surface area contributed by atoms with E-state index in [1.807, 2.05) is 48.9 Å². The van der Waals surface area contributed by atoms with Gasteiger partial charge in [0.25, 0.3) is 0 Å². The summed E-state index contributed by atoms with van der Waals surface area (Å²) in [6.07, 6.45) is 9.24. The third-order valence-corrected chi connectivity index (χ3v) is 12.6. The van der Waals surface area contributed by atoms with E-state index in [1.54, 1.807) is 0 Å². The van der Waals surface area contributed by atoms with Crippen LogP contribution in [0.25, 0.3) is 21.8 Å². The molecule has 3 aliphatic rings. The summed E-state index contributed by atoms with van der Waals surface area (Å²) in [5.74, 6) is 1.32. The molecule has 0 atom stereocenters. The fraction of sp³-hybridized carbons (Fsp3) is 0.235. The third-order valence-electron chi connectivity index (χ3n) is 11.8. The van der Waals surface area contributed by atoms with E-state index in [2.05, 4.69) is 145 Å². The Hall–Kier alpha value is -6.02. The van der Waals surface area contributed by atoms with E-state index in [4.69, 9.17) is 29.0 Å². The van der Waals surface area contributed by atoms with Gasteiger partial charge in [-0.15, -0.1) is 0 Å². The lowest BCUT2D eigenvalue weighted by molar-refractivity contribution is 0.0236. The first-order valence-electron chi connectivity index (χ1n) is 21.2. The van der Waals surface area contributed by atoms with Crippen molar-refractivity contribution in [3.63, 3.8) is 0 Å². The largest absolute Gasteiger partial charge is 0.474 e. The van der Waals surface area contributed by atoms with E-state index in [0.29, 0.717) is 18.3 Å². The number of hydrogen-bond acceptors (Lipinski definition) is 9. The first-order valence-corrected chi connectivity index (χ1v) is 22.3. The van der Waals surface area contributed by atoms with E-state index in [-0.39, 0.29) is 12.2 Å². The maximum Gasteiger partial charge on any atom is 0.225 e. The van der Waals surface area contributed by atoms with Crippen LogP contribution in [0.4, 0.5) is 0 Å². The minimum Gasteiger partial charge on any atom is -0.474 e. The smallest absolute Gasteiger partial charge is 0.225 e. The van der Waals surface area contributed by atoms with Gasteiger partial charge in [0.2, 0.25) is 11.8 Å². The molecule has 7 heterocycles. The van der Waals surface area contributed by atoms with Crippen LogP contribution in [0.1, 0.15) is 59.1 Å². The van der Waals surface area contributed by atoms with Crippen molar-refractivity contribution in [2.45, 2.75) is 50.0 Å². The van der Waals surface area contributed by atoms with Gasteiger partial charge in [-0.25, -0.2) is 14.6 Å². The lowest BCUT2D eigenvalue weighted by Gasteiger charge is -2.37. The maximum atomic E-state index is 6.44. The summed E-state index contributed by atoms with van der Waals surface area (Å²) in [6.45, 7) is 3.59. The Morgan fingerprint density at radius 1 is 0.581 bits per heavy atom. The summed E-state index contributed by atoms with van der Waals surface area (Å²) in [6, 6.07) is 46.1.